The third-order valence-electron chi connectivity index (χ3n) is 10.1. The molecule has 14 nitrogen and oxygen atoms in total. The van der Waals surface area contributed by atoms with E-state index in [1.165, 1.54) is 16.7 Å². The van der Waals surface area contributed by atoms with Gasteiger partial charge in [-0.15, -0.1) is 0 Å². The van der Waals surface area contributed by atoms with Crippen LogP contribution < -0.4 is 164 Å². The van der Waals surface area contributed by atoms with Crippen molar-refractivity contribution in [2.75, 3.05) is 23.1 Å². The van der Waals surface area contributed by atoms with Crippen LogP contribution in [0.5, 0.6) is 0 Å². The van der Waals surface area contributed by atoms with E-state index in [1.807, 2.05) is 18.2 Å². The maximum atomic E-state index is 12.0. The van der Waals surface area contributed by atoms with Crippen LogP contribution in [0, 0.1) is 5.41 Å². The Balaban J connectivity index is 0.00000387. The molecule has 0 radical (unpaired) electrons. The molecule has 0 saturated carbocycles. The molecule has 2 aromatic carbocycles. The van der Waals surface area contributed by atoms with Crippen LogP contribution >= 0.6 is 12.0 Å². The Hall–Kier alpha value is 1.74. The van der Waals surface area contributed by atoms with E-state index >= 15 is 0 Å². The molecule has 1 N–H and O–H groups in total. The van der Waals surface area contributed by atoms with E-state index in [1.54, 1.807) is 32.1 Å². The first-order valence-corrected chi connectivity index (χ1v) is 22.7. The number of hydrogen-bond donors (Lipinski definition) is 1. The fourth-order valence-corrected chi connectivity index (χ4v) is 9.82. The van der Waals surface area contributed by atoms with Crippen molar-refractivity contribution in [2.24, 2.45) is 5.41 Å². The summed E-state index contributed by atoms with van der Waals surface area (Å²) in [5.41, 5.74) is 4.31. The van der Waals surface area contributed by atoms with Crippen LogP contribution in [0.1, 0.15) is 78.4 Å². The minimum Gasteiger partial charge on any atom is -0.744 e. The van der Waals surface area contributed by atoms with Crippen LogP contribution in [0.15, 0.2) is 93.4 Å². The maximum absolute atomic E-state index is 12.0. The van der Waals surface area contributed by atoms with E-state index in [0.717, 1.165) is 52.6 Å². The molecule has 1 aliphatic carbocycles. The summed E-state index contributed by atoms with van der Waals surface area (Å²) in [6, 6.07) is 9.29. The zero-order valence-electron chi connectivity index (χ0n) is 34.3. The number of nitrogens with zero attached hydrogens (tertiary/aromatic N) is 2. The van der Waals surface area contributed by atoms with Crippen molar-refractivity contribution in [3.05, 3.63) is 94.7 Å². The zero-order valence-corrected chi connectivity index (χ0v) is 46.9. The SMILES string of the molecule is CC1(C)CC(/C=C2/N(CCCCS(=O)(=O)O)c3ccc(SOO[O-])cc3C2(C)C)=CC(=C/C=C/C2=[N+](CS(=O)(=O)[O-])c3ccc(S(=O)(=O)[O-])cc3C2(C)C)/C1.[K+].[K+].[K+]. The van der Waals surface area contributed by atoms with Crippen LogP contribution in [0.2, 0.25) is 0 Å². The number of anilines is 1. The van der Waals surface area contributed by atoms with Gasteiger partial charge in [0.15, 0.2) is 15.8 Å². The van der Waals surface area contributed by atoms with E-state index in [4.69, 9.17) is 0 Å². The van der Waals surface area contributed by atoms with Crippen LogP contribution in [-0.4, -0.2) is 67.4 Å². The molecule has 2 heterocycles. The first kappa shape index (κ1) is 55.9. The summed E-state index contributed by atoms with van der Waals surface area (Å²) in [7, 11) is -13.7. The third-order valence-corrected chi connectivity index (χ3v) is 12.9. The summed E-state index contributed by atoms with van der Waals surface area (Å²) < 4.78 is 109. The second-order valence-corrected chi connectivity index (χ2v) is 20.9. The van der Waals surface area contributed by atoms with Crippen molar-refractivity contribution >= 4 is 59.5 Å². The summed E-state index contributed by atoms with van der Waals surface area (Å²) in [4.78, 5) is 2.34. The summed E-state index contributed by atoms with van der Waals surface area (Å²) in [6.07, 6.45) is 11.8. The molecule has 0 saturated heterocycles. The van der Waals surface area contributed by atoms with Crippen LogP contribution in [0.3, 0.4) is 0 Å². The summed E-state index contributed by atoms with van der Waals surface area (Å²) in [5.74, 6) is -1.24. The van der Waals surface area contributed by atoms with Gasteiger partial charge >= 0.3 is 154 Å². The fraction of sp³-hybridized carbons (Fsp3) is 0.432. The Bertz CT molecular complexity index is 2370. The van der Waals surface area contributed by atoms with Crippen LogP contribution in [0.4, 0.5) is 11.4 Å². The van der Waals surface area contributed by atoms with E-state index < -0.39 is 52.0 Å². The van der Waals surface area contributed by atoms with Gasteiger partial charge in [0.1, 0.15) is 10.1 Å². The first-order valence-electron chi connectivity index (χ1n) is 17.3. The van der Waals surface area contributed by atoms with Gasteiger partial charge < -0.3 is 19.3 Å². The maximum Gasteiger partial charge on any atom is 1.00 e. The number of hydrogen-bond acceptors (Lipinski definition) is 13. The molecule has 0 spiro atoms. The first-order chi connectivity index (χ1) is 25.3. The summed E-state index contributed by atoms with van der Waals surface area (Å²) >= 11 is 0.787. The Morgan fingerprint density at radius 3 is 2.17 bits per heavy atom. The Morgan fingerprint density at radius 1 is 0.897 bits per heavy atom. The normalized spacial score (nSPS) is 19.7. The molecule has 0 bridgehead atoms. The van der Waals surface area contributed by atoms with E-state index in [-0.39, 0.29) is 172 Å². The number of fused-ring (bicyclic) bond motifs is 2. The van der Waals surface area contributed by atoms with Crippen molar-refractivity contribution in [1.82, 2.24) is 0 Å². The molecule has 21 heteroatoms. The predicted octanol–water partition coefficient (Wildman–Crippen LogP) is -3.71. The molecule has 300 valence electrons. The van der Waals surface area contributed by atoms with Crippen LogP contribution in [-0.2, 0) is 50.6 Å². The van der Waals surface area contributed by atoms with Gasteiger partial charge in [-0.25, -0.2) is 16.8 Å². The Morgan fingerprint density at radius 2 is 1.57 bits per heavy atom. The number of benzene rings is 2. The topological polar surface area (TPSA) is 217 Å². The molecule has 3 aliphatic rings. The van der Waals surface area contributed by atoms with E-state index in [2.05, 4.69) is 54.1 Å². The van der Waals surface area contributed by atoms with Crippen molar-refractivity contribution in [3.8, 4) is 0 Å². The number of unbranched alkanes of at least 4 members (excludes halogenated alkanes) is 1. The Kier molecular flexibility index (Phi) is 21.0. The average molecular weight is 954 g/mol. The van der Waals surface area contributed by atoms with Crippen LogP contribution in [0.25, 0.3) is 0 Å². The number of rotatable bonds is 14. The smallest absolute Gasteiger partial charge is 0.744 e. The van der Waals surface area contributed by atoms with Gasteiger partial charge in [0.05, 0.1) is 28.1 Å². The monoisotopic (exact) mass is 953 g/mol. The van der Waals surface area contributed by atoms with Gasteiger partial charge in [0.25, 0.3) is 10.1 Å². The summed E-state index contributed by atoms with van der Waals surface area (Å²) in [6.45, 7) is 12.4. The summed E-state index contributed by atoms with van der Waals surface area (Å²) in [5, 5.41) is 14.0. The van der Waals surface area contributed by atoms with Gasteiger partial charge in [0.2, 0.25) is 11.6 Å². The largest absolute Gasteiger partial charge is 1.00 e. The van der Waals surface area contributed by atoms with E-state index in [0.29, 0.717) is 41.2 Å². The molecule has 58 heavy (non-hydrogen) atoms. The molecule has 0 amide bonds. The third kappa shape index (κ3) is 14.1. The Labute approximate surface area is 474 Å². The number of allylic oxidation sites excluding steroid dienone is 8. The molecule has 2 aromatic rings. The standard InChI is InChI=1S/C37H46N2O12S4.3K/c1-35(2)22-25(10-9-11-33-36(3,4)30-21-28(55(47,48)49)13-15-32(30)39(33)24-54(44,45)46)18-26(23-35)19-34-37(5,6)29-20-27(52-51-50-40)12-14-31(29)38(34)16-7-8-17-53(41,42)43;;;/h9-15,18-21H,7-8,16-17,22-24H2,1-6H3,(H3-,40,41,42,43,44,45,46,47,48,49);;;/q;3*+1/p-2. The quantitative estimate of drug-likeness (QED) is 0.0367. The second-order valence-electron chi connectivity index (χ2n) is 15.8. The van der Waals surface area contributed by atoms with Crippen molar-refractivity contribution in [3.63, 3.8) is 0 Å². The molecule has 5 rings (SSSR count). The van der Waals surface area contributed by atoms with Gasteiger partial charge in [-0.1, -0.05) is 45.9 Å². The van der Waals surface area contributed by atoms with Crippen molar-refractivity contribution < 1.29 is 212 Å². The fourth-order valence-electron chi connectivity index (χ4n) is 7.77. The van der Waals surface area contributed by atoms with E-state index in [9.17, 15) is 44.2 Å². The van der Waals surface area contributed by atoms with Crippen molar-refractivity contribution in [1.29, 1.82) is 0 Å². The van der Waals surface area contributed by atoms with Gasteiger partial charge in [-0.3, -0.25) is 9.59 Å². The van der Waals surface area contributed by atoms with Gasteiger partial charge in [0, 0.05) is 45.9 Å². The average Bonchev–Trinajstić information content (AvgIpc) is 3.37. The zero-order chi connectivity index (χ0) is 40.8. The molecule has 0 aromatic heterocycles. The van der Waals surface area contributed by atoms with Gasteiger partial charge in [-0.2, -0.15) is 17.3 Å². The predicted molar refractivity (Wildman–Crippen MR) is 204 cm³/mol. The molecule has 0 unspecified atom stereocenters. The minimum absolute atomic E-state index is 0. The molecule has 0 fully saturated rings. The molecule has 0 atom stereocenters. The molecule has 2 aliphatic heterocycles. The molecular formula is C37H44K3N2O12S4+. The van der Waals surface area contributed by atoms with Gasteiger partial charge in [-0.05, 0) is 98.1 Å². The minimum atomic E-state index is -4.80. The van der Waals surface area contributed by atoms with Crippen molar-refractivity contribution in [2.45, 2.75) is 87.8 Å². The molecular weight excluding hydrogens is 910 g/mol. The second kappa shape index (κ2) is 21.8.